The molecule has 0 aliphatic heterocycles. The third-order valence-corrected chi connectivity index (χ3v) is 6.62. The standard InChI is InChI=1S/C20H24N4O6S/c1-4-23(5-2)31(29,30)17-10-8-16(9-11-17)22-19(25)13-21-20(26)15-7-6-14(3)18(12-15)24(27)28/h6-12H,4-5,13H2,1-3H3,(H,21,26)(H,22,25). The van der Waals surface area contributed by atoms with E-state index in [2.05, 4.69) is 10.6 Å². The first-order valence-corrected chi connectivity index (χ1v) is 11.0. The number of nitrogens with zero attached hydrogens (tertiary/aromatic N) is 2. The van der Waals surface area contributed by atoms with E-state index in [1.54, 1.807) is 20.8 Å². The van der Waals surface area contributed by atoms with E-state index in [-0.39, 0.29) is 22.7 Å². The number of amides is 2. The molecule has 166 valence electrons. The fourth-order valence-electron chi connectivity index (χ4n) is 2.84. The van der Waals surface area contributed by atoms with Crippen molar-refractivity contribution >= 4 is 33.2 Å². The van der Waals surface area contributed by atoms with E-state index < -0.39 is 26.8 Å². The summed E-state index contributed by atoms with van der Waals surface area (Å²) < 4.78 is 26.3. The Labute approximate surface area is 180 Å². The van der Waals surface area contributed by atoms with E-state index in [1.165, 1.54) is 40.7 Å². The zero-order valence-corrected chi connectivity index (χ0v) is 18.2. The number of hydrogen-bond donors (Lipinski definition) is 2. The Morgan fingerprint density at radius 3 is 2.23 bits per heavy atom. The minimum Gasteiger partial charge on any atom is -0.343 e. The third-order valence-electron chi connectivity index (χ3n) is 4.56. The van der Waals surface area contributed by atoms with Crippen LogP contribution in [-0.2, 0) is 14.8 Å². The van der Waals surface area contributed by atoms with Crippen molar-refractivity contribution in [1.29, 1.82) is 0 Å². The van der Waals surface area contributed by atoms with Crippen molar-refractivity contribution in [1.82, 2.24) is 9.62 Å². The van der Waals surface area contributed by atoms with Gasteiger partial charge in [0.15, 0.2) is 0 Å². The lowest BCUT2D eigenvalue weighted by atomic mass is 10.1. The van der Waals surface area contributed by atoms with Gasteiger partial charge < -0.3 is 10.6 Å². The van der Waals surface area contributed by atoms with Crippen molar-refractivity contribution in [3.05, 3.63) is 63.7 Å². The third kappa shape index (κ3) is 5.86. The van der Waals surface area contributed by atoms with Crippen LogP contribution in [0, 0.1) is 17.0 Å². The molecule has 2 N–H and O–H groups in total. The van der Waals surface area contributed by atoms with Crippen LogP contribution in [0.25, 0.3) is 0 Å². The van der Waals surface area contributed by atoms with Crippen molar-refractivity contribution in [2.75, 3.05) is 25.0 Å². The van der Waals surface area contributed by atoms with Gasteiger partial charge in [0.1, 0.15) is 0 Å². The van der Waals surface area contributed by atoms with Crippen molar-refractivity contribution in [3.63, 3.8) is 0 Å². The molecule has 0 bridgehead atoms. The second-order valence-corrected chi connectivity index (χ2v) is 8.54. The molecule has 0 spiro atoms. The molecule has 2 rings (SSSR count). The van der Waals surface area contributed by atoms with Crippen LogP contribution in [0.3, 0.4) is 0 Å². The molecule has 10 nitrogen and oxygen atoms in total. The molecular weight excluding hydrogens is 424 g/mol. The number of nitro benzene ring substituents is 1. The maximum absolute atomic E-state index is 12.5. The van der Waals surface area contributed by atoms with Crippen molar-refractivity contribution in [2.45, 2.75) is 25.7 Å². The van der Waals surface area contributed by atoms with E-state index >= 15 is 0 Å². The van der Waals surface area contributed by atoms with Crippen LogP contribution < -0.4 is 10.6 Å². The van der Waals surface area contributed by atoms with E-state index in [4.69, 9.17) is 0 Å². The molecule has 0 heterocycles. The van der Waals surface area contributed by atoms with Gasteiger partial charge in [0.05, 0.1) is 16.4 Å². The van der Waals surface area contributed by atoms with Gasteiger partial charge in [-0.25, -0.2) is 8.42 Å². The number of aryl methyl sites for hydroxylation is 1. The van der Waals surface area contributed by atoms with Crippen LogP contribution in [-0.4, -0.2) is 49.1 Å². The Bertz CT molecular complexity index is 1080. The van der Waals surface area contributed by atoms with Crippen LogP contribution in [0.15, 0.2) is 47.4 Å². The maximum atomic E-state index is 12.5. The summed E-state index contributed by atoms with van der Waals surface area (Å²) in [6.45, 7) is 5.39. The monoisotopic (exact) mass is 448 g/mol. The quantitative estimate of drug-likeness (QED) is 0.446. The lowest BCUT2D eigenvalue weighted by Gasteiger charge is -2.18. The average molecular weight is 449 g/mol. The van der Waals surface area contributed by atoms with Gasteiger partial charge in [-0.1, -0.05) is 19.9 Å². The van der Waals surface area contributed by atoms with Crippen LogP contribution in [0.5, 0.6) is 0 Å². The van der Waals surface area contributed by atoms with Crippen LogP contribution in [0.1, 0.15) is 29.8 Å². The molecule has 2 aromatic carbocycles. The average Bonchev–Trinajstić information content (AvgIpc) is 2.73. The number of nitro groups is 1. The first kappa shape index (κ1) is 24.0. The molecule has 0 aromatic heterocycles. The molecule has 2 aromatic rings. The second kappa shape index (κ2) is 10.1. The molecule has 0 unspecified atom stereocenters. The molecule has 0 saturated carbocycles. The van der Waals surface area contributed by atoms with Crippen LogP contribution >= 0.6 is 0 Å². The topological polar surface area (TPSA) is 139 Å². The van der Waals surface area contributed by atoms with Crippen LogP contribution in [0.4, 0.5) is 11.4 Å². The summed E-state index contributed by atoms with van der Waals surface area (Å²) in [6, 6.07) is 9.75. The molecule has 0 fully saturated rings. The Balaban J connectivity index is 1.98. The summed E-state index contributed by atoms with van der Waals surface area (Å²) in [5, 5.41) is 15.9. The van der Waals surface area contributed by atoms with Gasteiger partial charge in [0, 0.05) is 36.0 Å². The molecule has 31 heavy (non-hydrogen) atoms. The zero-order valence-electron chi connectivity index (χ0n) is 17.4. The van der Waals surface area contributed by atoms with Gasteiger partial charge in [-0.2, -0.15) is 4.31 Å². The summed E-state index contributed by atoms with van der Waals surface area (Å²) in [5.41, 5.74) is 0.669. The Morgan fingerprint density at radius 1 is 1.06 bits per heavy atom. The Kier molecular flexibility index (Phi) is 7.83. The smallest absolute Gasteiger partial charge is 0.273 e. The Morgan fingerprint density at radius 2 is 1.68 bits per heavy atom. The van der Waals surface area contributed by atoms with Gasteiger partial charge >= 0.3 is 0 Å². The highest BCUT2D eigenvalue weighted by atomic mass is 32.2. The highest BCUT2D eigenvalue weighted by Crippen LogP contribution is 2.20. The molecule has 11 heteroatoms. The fourth-order valence-corrected chi connectivity index (χ4v) is 4.30. The van der Waals surface area contributed by atoms with Crippen molar-refractivity contribution in [3.8, 4) is 0 Å². The predicted octanol–water partition coefficient (Wildman–Crippen LogP) is 2.30. The van der Waals surface area contributed by atoms with E-state index in [1.807, 2.05) is 0 Å². The minimum absolute atomic E-state index is 0.0658. The summed E-state index contributed by atoms with van der Waals surface area (Å²) in [5.74, 6) is -1.16. The molecule has 0 aliphatic carbocycles. The predicted molar refractivity (Wildman–Crippen MR) is 115 cm³/mol. The Hall–Kier alpha value is -3.31. The summed E-state index contributed by atoms with van der Waals surface area (Å²) >= 11 is 0. The van der Waals surface area contributed by atoms with Gasteiger partial charge in [0.2, 0.25) is 15.9 Å². The lowest BCUT2D eigenvalue weighted by Crippen LogP contribution is -2.33. The SMILES string of the molecule is CCN(CC)S(=O)(=O)c1ccc(NC(=O)CNC(=O)c2ccc(C)c([N+](=O)[O-])c2)cc1. The van der Waals surface area contributed by atoms with Gasteiger partial charge in [-0.05, 0) is 37.3 Å². The number of rotatable bonds is 9. The normalized spacial score (nSPS) is 11.2. The second-order valence-electron chi connectivity index (χ2n) is 6.60. The van der Waals surface area contributed by atoms with E-state index in [9.17, 15) is 28.1 Å². The first-order chi connectivity index (χ1) is 14.6. The van der Waals surface area contributed by atoms with Gasteiger partial charge in [-0.3, -0.25) is 19.7 Å². The van der Waals surface area contributed by atoms with Gasteiger partial charge in [0.25, 0.3) is 11.6 Å². The zero-order chi connectivity index (χ0) is 23.2. The number of hydrogen-bond acceptors (Lipinski definition) is 6. The first-order valence-electron chi connectivity index (χ1n) is 9.53. The summed E-state index contributed by atoms with van der Waals surface area (Å²) in [6.07, 6.45) is 0. The largest absolute Gasteiger partial charge is 0.343 e. The molecule has 2 amide bonds. The van der Waals surface area contributed by atoms with Crippen molar-refractivity contribution in [2.24, 2.45) is 0 Å². The molecule has 0 saturated heterocycles. The number of nitrogens with one attached hydrogen (secondary N) is 2. The van der Waals surface area contributed by atoms with Gasteiger partial charge in [-0.15, -0.1) is 0 Å². The fraction of sp³-hybridized carbons (Fsp3) is 0.300. The number of anilines is 1. The molecule has 0 radical (unpaired) electrons. The summed E-state index contributed by atoms with van der Waals surface area (Å²) in [4.78, 5) is 34.8. The molecule has 0 atom stereocenters. The number of sulfonamides is 1. The van der Waals surface area contributed by atoms with Crippen molar-refractivity contribution < 1.29 is 22.9 Å². The maximum Gasteiger partial charge on any atom is 0.273 e. The highest BCUT2D eigenvalue weighted by Gasteiger charge is 2.21. The van der Waals surface area contributed by atoms with Crippen LogP contribution in [0.2, 0.25) is 0 Å². The highest BCUT2D eigenvalue weighted by molar-refractivity contribution is 7.89. The minimum atomic E-state index is -3.60. The molecular formula is C20H24N4O6S. The molecule has 0 aliphatic rings. The number of carbonyl (C=O) groups excluding carboxylic acids is 2. The van der Waals surface area contributed by atoms with E-state index in [0.717, 1.165) is 6.07 Å². The summed E-state index contributed by atoms with van der Waals surface area (Å²) in [7, 11) is -3.60. The number of carbonyl (C=O) groups is 2. The lowest BCUT2D eigenvalue weighted by molar-refractivity contribution is -0.385. The van der Waals surface area contributed by atoms with E-state index in [0.29, 0.717) is 24.3 Å². The number of benzene rings is 2.